The maximum Gasteiger partial charge on any atom is 0.192 e. The van der Waals surface area contributed by atoms with Gasteiger partial charge in [-0.15, -0.1) is 0 Å². The van der Waals surface area contributed by atoms with Crippen molar-refractivity contribution in [2.75, 3.05) is 0 Å². The van der Waals surface area contributed by atoms with Gasteiger partial charge in [-0.25, -0.2) is 0 Å². The fourth-order valence-electron chi connectivity index (χ4n) is 1.03. The second-order valence-electron chi connectivity index (χ2n) is 6.23. The molecule has 0 saturated heterocycles. The molecule has 0 aliphatic rings. The van der Waals surface area contributed by atoms with Crippen molar-refractivity contribution in [3.05, 3.63) is 0 Å². The Bertz CT molecular complexity index is 204. The standard InChI is InChI=1S/C12H28O2Si/c1-9-12(6,13)10(2)14-15(7,8)11(3,4)5/h10,13H,9H2,1-8H3/t10-,12-/m0/s1. The SMILES string of the molecule is CC[C@](C)(O)[C@H](C)O[Si](C)(C)C(C)(C)C. The molecule has 0 aliphatic carbocycles. The molecule has 0 rings (SSSR count). The highest BCUT2D eigenvalue weighted by Crippen LogP contribution is 2.38. The van der Waals surface area contributed by atoms with Crippen LogP contribution in [0.5, 0.6) is 0 Å². The highest BCUT2D eigenvalue weighted by atomic mass is 28.4. The van der Waals surface area contributed by atoms with Crippen molar-refractivity contribution in [1.82, 2.24) is 0 Å². The van der Waals surface area contributed by atoms with E-state index in [9.17, 15) is 5.11 Å². The summed E-state index contributed by atoms with van der Waals surface area (Å²) in [5.74, 6) is 0. The molecule has 0 aliphatic heterocycles. The largest absolute Gasteiger partial charge is 0.411 e. The van der Waals surface area contributed by atoms with Gasteiger partial charge in [0.2, 0.25) is 0 Å². The number of hydrogen-bond acceptors (Lipinski definition) is 2. The first-order valence-electron chi connectivity index (χ1n) is 5.84. The van der Waals surface area contributed by atoms with Crippen LogP contribution in [-0.4, -0.2) is 25.1 Å². The normalized spacial score (nSPS) is 19.8. The maximum atomic E-state index is 10.1. The van der Waals surface area contributed by atoms with E-state index in [-0.39, 0.29) is 11.1 Å². The van der Waals surface area contributed by atoms with Crippen LogP contribution in [0.2, 0.25) is 18.1 Å². The zero-order valence-corrected chi connectivity index (χ0v) is 12.6. The van der Waals surface area contributed by atoms with Crippen molar-refractivity contribution in [2.45, 2.75) is 77.8 Å². The van der Waals surface area contributed by atoms with Gasteiger partial charge in [-0.1, -0.05) is 27.7 Å². The Morgan fingerprint density at radius 2 is 1.60 bits per heavy atom. The summed E-state index contributed by atoms with van der Waals surface area (Å²) in [6, 6.07) is 0. The number of aliphatic hydroxyl groups is 1. The molecular weight excluding hydrogens is 204 g/mol. The van der Waals surface area contributed by atoms with Crippen molar-refractivity contribution >= 4 is 8.32 Å². The molecule has 0 heterocycles. The van der Waals surface area contributed by atoms with Gasteiger partial charge in [-0.2, -0.15) is 0 Å². The summed E-state index contributed by atoms with van der Waals surface area (Å²) in [7, 11) is -1.75. The second-order valence-corrected chi connectivity index (χ2v) is 11.0. The third-order valence-corrected chi connectivity index (χ3v) is 8.42. The average molecular weight is 232 g/mol. The molecule has 1 N–H and O–H groups in total. The molecule has 0 saturated carbocycles. The van der Waals surface area contributed by atoms with E-state index in [4.69, 9.17) is 4.43 Å². The van der Waals surface area contributed by atoms with Gasteiger partial charge in [-0.3, -0.25) is 0 Å². The third kappa shape index (κ3) is 3.89. The zero-order valence-electron chi connectivity index (χ0n) is 11.6. The van der Waals surface area contributed by atoms with Gasteiger partial charge in [0.15, 0.2) is 8.32 Å². The number of hydrogen-bond donors (Lipinski definition) is 1. The van der Waals surface area contributed by atoms with Crippen molar-refractivity contribution in [2.24, 2.45) is 0 Å². The molecule has 0 aromatic rings. The number of rotatable bonds is 4. The van der Waals surface area contributed by atoms with Gasteiger partial charge in [0.1, 0.15) is 0 Å². The van der Waals surface area contributed by atoms with E-state index in [1.807, 2.05) is 20.8 Å². The molecule has 3 heteroatoms. The van der Waals surface area contributed by atoms with E-state index in [2.05, 4.69) is 33.9 Å². The van der Waals surface area contributed by atoms with Crippen LogP contribution < -0.4 is 0 Å². The van der Waals surface area contributed by atoms with Gasteiger partial charge < -0.3 is 9.53 Å². The highest BCUT2D eigenvalue weighted by Gasteiger charge is 2.41. The molecule has 0 aromatic carbocycles. The molecule has 0 amide bonds. The Labute approximate surface area is 96.2 Å². The second kappa shape index (κ2) is 4.56. The summed E-state index contributed by atoms with van der Waals surface area (Å²) in [5, 5.41) is 10.3. The van der Waals surface area contributed by atoms with Crippen LogP contribution in [-0.2, 0) is 4.43 Å². The molecule has 0 fully saturated rings. The Hall–Kier alpha value is 0.137. The first-order chi connectivity index (χ1) is 6.44. The Morgan fingerprint density at radius 3 is 1.87 bits per heavy atom. The van der Waals surface area contributed by atoms with Crippen molar-refractivity contribution in [3.63, 3.8) is 0 Å². The summed E-state index contributed by atoms with van der Waals surface area (Å²) < 4.78 is 6.15. The van der Waals surface area contributed by atoms with Crippen LogP contribution in [0.25, 0.3) is 0 Å². The minimum atomic E-state index is -1.75. The van der Waals surface area contributed by atoms with E-state index in [0.29, 0.717) is 0 Å². The van der Waals surface area contributed by atoms with E-state index in [1.54, 1.807) is 0 Å². The summed E-state index contributed by atoms with van der Waals surface area (Å²) >= 11 is 0. The molecule has 0 radical (unpaired) electrons. The first-order valence-corrected chi connectivity index (χ1v) is 8.75. The summed E-state index contributed by atoms with van der Waals surface area (Å²) in [5.41, 5.74) is -0.713. The minimum absolute atomic E-state index is 0.0941. The van der Waals surface area contributed by atoms with Crippen LogP contribution in [0, 0.1) is 0 Å². The van der Waals surface area contributed by atoms with E-state index >= 15 is 0 Å². The smallest absolute Gasteiger partial charge is 0.192 e. The summed E-state index contributed by atoms with van der Waals surface area (Å²) in [4.78, 5) is 0. The van der Waals surface area contributed by atoms with Crippen molar-refractivity contribution in [1.29, 1.82) is 0 Å². The van der Waals surface area contributed by atoms with Crippen LogP contribution in [0.4, 0.5) is 0 Å². The molecule has 0 bridgehead atoms. The van der Waals surface area contributed by atoms with Crippen molar-refractivity contribution in [3.8, 4) is 0 Å². The molecule has 15 heavy (non-hydrogen) atoms. The lowest BCUT2D eigenvalue weighted by molar-refractivity contribution is -0.0474. The molecule has 2 atom stereocenters. The van der Waals surface area contributed by atoms with Crippen LogP contribution >= 0.6 is 0 Å². The predicted octanol–water partition coefficient (Wildman–Crippen LogP) is 3.56. The predicted molar refractivity (Wildman–Crippen MR) is 68.7 cm³/mol. The first kappa shape index (κ1) is 15.1. The lowest BCUT2D eigenvalue weighted by atomic mass is 9.98. The van der Waals surface area contributed by atoms with Gasteiger partial charge in [0.25, 0.3) is 0 Å². The van der Waals surface area contributed by atoms with Gasteiger partial charge in [0, 0.05) is 0 Å². The lowest BCUT2D eigenvalue weighted by Crippen LogP contribution is -2.49. The molecular formula is C12H28O2Si. The van der Waals surface area contributed by atoms with Crippen LogP contribution in [0.3, 0.4) is 0 Å². The molecule has 0 unspecified atom stereocenters. The van der Waals surface area contributed by atoms with Gasteiger partial charge >= 0.3 is 0 Å². The molecule has 92 valence electrons. The van der Waals surface area contributed by atoms with E-state index < -0.39 is 13.9 Å². The van der Waals surface area contributed by atoms with Gasteiger partial charge in [0.05, 0.1) is 11.7 Å². The summed E-state index contributed by atoms with van der Waals surface area (Å²) in [6.45, 7) is 16.9. The van der Waals surface area contributed by atoms with E-state index in [1.165, 1.54) is 0 Å². The van der Waals surface area contributed by atoms with Crippen LogP contribution in [0.15, 0.2) is 0 Å². The fourth-order valence-corrected chi connectivity index (χ4v) is 2.52. The monoisotopic (exact) mass is 232 g/mol. The molecule has 0 spiro atoms. The molecule has 2 nitrogen and oxygen atoms in total. The topological polar surface area (TPSA) is 29.5 Å². The highest BCUT2D eigenvalue weighted by molar-refractivity contribution is 6.74. The minimum Gasteiger partial charge on any atom is -0.411 e. The fraction of sp³-hybridized carbons (Fsp3) is 1.00. The summed E-state index contributed by atoms with van der Waals surface area (Å²) in [6.07, 6.45) is 0.631. The van der Waals surface area contributed by atoms with Gasteiger partial charge in [-0.05, 0) is 38.4 Å². The quantitative estimate of drug-likeness (QED) is 0.751. The zero-order chi connectivity index (χ0) is 12.5. The Morgan fingerprint density at radius 1 is 1.20 bits per heavy atom. The maximum absolute atomic E-state index is 10.1. The van der Waals surface area contributed by atoms with E-state index in [0.717, 1.165) is 6.42 Å². The Kier molecular flexibility index (Phi) is 4.60. The average Bonchev–Trinajstić information content (AvgIpc) is 2.01. The lowest BCUT2D eigenvalue weighted by Gasteiger charge is -2.42. The molecule has 0 aromatic heterocycles. The third-order valence-electron chi connectivity index (χ3n) is 3.87. The Balaban J connectivity index is 4.61. The van der Waals surface area contributed by atoms with Crippen LogP contribution in [0.1, 0.15) is 48.0 Å². The van der Waals surface area contributed by atoms with Crippen molar-refractivity contribution < 1.29 is 9.53 Å².